The Bertz CT molecular complexity index is 673. The standard InChI is InChI=1S/C18H25F3N4O2/c1-3-22-17(24-10-16(26)25-14-6-7-14)23-9-13-5-4-12(2)8-15(13)27-11-18(19,20)21/h4-5,8,14H,3,6-7,9-11H2,1-2H3,(H,25,26)(H2,22,23,24). The van der Waals surface area contributed by atoms with Crippen LogP contribution >= 0.6 is 0 Å². The number of aliphatic imine (C=N–C) groups is 1. The smallest absolute Gasteiger partial charge is 0.422 e. The zero-order valence-corrected chi connectivity index (χ0v) is 15.4. The fourth-order valence-corrected chi connectivity index (χ4v) is 2.26. The number of hydrogen-bond acceptors (Lipinski definition) is 3. The van der Waals surface area contributed by atoms with Crippen LogP contribution in [0.2, 0.25) is 0 Å². The van der Waals surface area contributed by atoms with Crippen LogP contribution in [0.15, 0.2) is 23.2 Å². The van der Waals surface area contributed by atoms with Crippen molar-refractivity contribution in [1.82, 2.24) is 16.0 Å². The van der Waals surface area contributed by atoms with Crippen molar-refractivity contribution in [1.29, 1.82) is 0 Å². The highest BCUT2D eigenvalue weighted by atomic mass is 19.4. The number of nitrogens with one attached hydrogen (secondary N) is 3. The van der Waals surface area contributed by atoms with Crippen LogP contribution in [0.4, 0.5) is 13.2 Å². The van der Waals surface area contributed by atoms with Gasteiger partial charge < -0.3 is 20.7 Å². The third-order valence-electron chi connectivity index (χ3n) is 3.72. The highest BCUT2D eigenvalue weighted by molar-refractivity contribution is 5.86. The molecule has 0 radical (unpaired) electrons. The SMILES string of the molecule is CCNC(=NCc1ccc(C)cc1OCC(F)(F)F)NCC(=O)NC1CC1. The fraction of sp³-hybridized carbons (Fsp3) is 0.556. The Morgan fingerprint density at radius 2 is 2.04 bits per heavy atom. The maximum Gasteiger partial charge on any atom is 0.422 e. The van der Waals surface area contributed by atoms with Crippen LogP contribution in [0.5, 0.6) is 5.75 Å². The first-order chi connectivity index (χ1) is 12.8. The van der Waals surface area contributed by atoms with Crippen LogP contribution in [-0.2, 0) is 11.3 Å². The summed E-state index contributed by atoms with van der Waals surface area (Å²) in [6.45, 7) is 3.08. The van der Waals surface area contributed by atoms with Gasteiger partial charge in [-0.1, -0.05) is 12.1 Å². The lowest BCUT2D eigenvalue weighted by molar-refractivity contribution is -0.153. The summed E-state index contributed by atoms with van der Waals surface area (Å²) >= 11 is 0. The molecule has 2 rings (SSSR count). The van der Waals surface area contributed by atoms with Gasteiger partial charge in [-0.05, 0) is 38.3 Å². The zero-order chi connectivity index (χ0) is 19.9. The molecule has 150 valence electrons. The van der Waals surface area contributed by atoms with Crippen molar-refractivity contribution in [3.63, 3.8) is 0 Å². The molecule has 6 nitrogen and oxygen atoms in total. The highest BCUT2D eigenvalue weighted by Crippen LogP contribution is 2.24. The molecule has 3 N–H and O–H groups in total. The van der Waals surface area contributed by atoms with E-state index >= 15 is 0 Å². The first-order valence-corrected chi connectivity index (χ1v) is 8.87. The largest absolute Gasteiger partial charge is 0.484 e. The number of aryl methyl sites for hydroxylation is 1. The van der Waals surface area contributed by atoms with E-state index in [0.29, 0.717) is 18.1 Å². The van der Waals surface area contributed by atoms with E-state index in [4.69, 9.17) is 4.74 Å². The average molecular weight is 386 g/mol. The van der Waals surface area contributed by atoms with Gasteiger partial charge in [0.25, 0.3) is 0 Å². The maximum absolute atomic E-state index is 12.4. The van der Waals surface area contributed by atoms with E-state index < -0.39 is 12.8 Å². The van der Waals surface area contributed by atoms with Crippen molar-refractivity contribution in [2.24, 2.45) is 4.99 Å². The van der Waals surface area contributed by atoms with Crippen LogP contribution in [0.1, 0.15) is 30.9 Å². The summed E-state index contributed by atoms with van der Waals surface area (Å²) in [5.41, 5.74) is 1.33. The van der Waals surface area contributed by atoms with E-state index in [2.05, 4.69) is 20.9 Å². The monoisotopic (exact) mass is 386 g/mol. The molecule has 0 bridgehead atoms. The number of benzene rings is 1. The predicted molar refractivity (Wildman–Crippen MR) is 96.7 cm³/mol. The zero-order valence-electron chi connectivity index (χ0n) is 15.4. The molecule has 1 fully saturated rings. The van der Waals surface area contributed by atoms with Crippen molar-refractivity contribution < 1.29 is 22.7 Å². The van der Waals surface area contributed by atoms with Crippen molar-refractivity contribution >= 4 is 11.9 Å². The number of rotatable bonds is 8. The molecule has 27 heavy (non-hydrogen) atoms. The molecule has 1 aliphatic rings. The van der Waals surface area contributed by atoms with E-state index in [1.165, 1.54) is 0 Å². The Balaban J connectivity index is 1.99. The number of guanidine groups is 1. The summed E-state index contributed by atoms with van der Waals surface area (Å²) in [4.78, 5) is 16.1. The fourth-order valence-electron chi connectivity index (χ4n) is 2.26. The molecule has 9 heteroatoms. The Morgan fingerprint density at radius 1 is 1.30 bits per heavy atom. The van der Waals surface area contributed by atoms with Crippen molar-refractivity contribution in [3.05, 3.63) is 29.3 Å². The lowest BCUT2D eigenvalue weighted by atomic mass is 10.1. The van der Waals surface area contributed by atoms with Crippen LogP contribution < -0.4 is 20.7 Å². The topological polar surface area (TPSA) is 74.8 Å². The van der Waals surface area contributed by atoms with E-state index in [-0.39, 0.29) is 30.8 Å². The molecule has 0 aromatic heterocycles. The second kappa shape index (κ2) is 9.48. The van der Waals surface area contributed by atoms with E-state index in [1.807, 2.05) is 6.92 Å². The number of alkyl halides is 3. The molecule has 0 saturated heterocycles. The molecule has 0 aliphatic heterocycles. The average Bonchev–Trinajstić information content (AvgIpc) is 3.40. The molecule has 1 aliphatic carbocycles. The van der Waals surface area contributed by atoms with E-state index in [0.717, 1.165) is 18.4 Å². The summed E-state index contributed by atoms with van der Waals surface area (Å²) < 4.78 is 42.3. The van der Waals surface area contributed by atoms with Gasteiger partial charge in [0.2, 0.25) is 5.91 Å². The summed E-state index contributed by atoms with van der Waals surface area (Å²) in [5, 5.41) is 8.78. The molecule has 0 atom stereocenters. The number of hydrogen-bond donors (Lipinski definition) is 3. The summed E-state index contributed by atoms with van der Waals surface area (Å²) in [5.74, 6) is 0.442. The number of amides is 1. The predicted octanol–water partition coefficient (Wildman–Crippen LogP) is 2.27. The first-order valence-electron chi connectivity index (χ1n) is 8.87. The number of ether oxygens (including phenoxy) is 1. The third kappa shape index (κ3) is 8.19. The molecule has 1 saturated carbocycles. The summed E-state index contributed by atoms with van der Waals surface area (Å²) in [7, 11) is 0. The first kappa shape index (κ1) is 20.9. The van der Waals surface area contributed by atoms with Crippen LogP contribution in [0.25, 0.3) is 0 Å². The molecule has 1 amide bonds. The molecule has 0 unspecified atom stereocenters. The van der Waals surface area contributed by atoms with Gasteiger partial charge in [-0.3, -0.25) is 4.79 Å². The summed E-state index contributed by atoms with van der Waals surface area (Å²) in [6, 6.07) is 5.31. The summed E-state index contributed by atoms with van der Waals surface area (Å²) in [6.07, 6.45) is -2.39. The number of nitrogens with zero attached hydrogens (tertiary/aromatic N) is 1. The minimum absolute atomic E-state index is 0.0770. The highest BCUT2D eigenvalue weighted by Gasteiger charge is 2.28. The lowest BCUT2D eigenvalue weighted by Crippen LogP contribution is -2.43. The van der Waals surface area contributed by atoms with Crippen molar-refractivity contribution in [3.8, 4) is 5.75 Å². The third-order valence-corrected chi connectivity index (χ3v) is 3.72. The molecule has 0 spiro atoms. The normalized spacial score (nSPS) is 14.6. The minimum Gasteiger partial charge on any atom is -0.484 e. The van der Waals surface area contributed by atoms with Crippen LogP contribution in [-0.4, -0.2) is 43.8 Å². The molecule has 0 heterocycles. The van der Waals surface area contributed by atoms with Gasteiger partial charge in [0.05, 0.1) is 13.1 Å². The van der Waals surface area contributed by atoms with Gasteiger partial charge >= 0.3 is 6.18 Å². The second-order valence-electron chi connectivity index (χ2n) is 6.41. The molecule has 1 aromatic rings. The van der Waals surface area contributed by atoms with Crippen LogP contribution in [0, 0.1) is 6.92 Å². The number of halogens is 3. The van der Waals surface area contributed by atoms with E-state index in [1.54, 1.807) is 25.1 Å². The molecular formula is C18H25F3N4O2. The van der Waals surface area contributed by atoms with Gasteiger partial charge in [-0.15, -0.1) is 0 Å². The van der Waals surface area contributed by atoms with Gasteiger partial charge in [0.1, 0.15) is 5.75 Å². The number of carbonyl (C=O) groups is 1. The second-order valence-corrected chi connectivity index (χ2v) is 6.41. The Kier molecular flexibility index (Phi) is 7.32. The Morgan fingerprint density at radius 3 is 2.67 bits per heavy atom. The van der Waals surface area contributed by atoms with Gasteiger partial charge in [-0.25, -0.2) is 4.99 Å². The van der Waals surface area contributed by atoms with Gasteiger partial charge in [0.15, 0.2) is 12.6 Å². The van der Waals surface area contributed by atoms with Gasteiger partial charge in [-0.2, -0.15) is 13.2 Å². The number of carbonyl (C=O) groups excluding carboxylic acids is 1. The Labute approximate surface area is 156 Å². The van der Waals surface area contributed by atoms with Gasteiger partial charge in [0, 0.05) is 18.2 Å². The van der Waals surface area contributed by atoms with E-state index in [9.17, 15) is 18.0 Å². The maximum atomic E-state index is 12.4. The van der Waals surface area contributed by atoms with Crippen molar-refractivity contribution in [2.45, 2.75) is 45.5 Å². The van der Waals surface area contributed by atoms with Crippen LogP contribution in [0.3, 0.4) is 0 Å². The lowest BCUT2D eigenvalue weighted by Gasteiger charge is -2.14. The molecule has 1 aromatic carbocycles. The van der Waals surface area contributed by atoms with Crippen molar-refractivity contribution in [2.75, 3.05) is 19.7 Å². The quantitative estimate of drug-likeness (QED) is 0.473. The Hall–Kier alpha value is -2.45. The minimum atomic E-state index is -4.41. The molecular weight excluding hydrogens is 361 g/mol.